The fourth-order valence-electron chi connectivity index (χ4n) is 2.52. The second-order valence-corrected chi connectivity index (χ2v) is 5.77. The summed E-state index contributed by atoms with van der Waals surface area (Å²) in [4.78, 5) is 23.6. The van der Waals surface area contributed by atoms with E-state index in [1.807, 2.05) is 26.0 Å². The number of nitrogens with one attached hydrogen (secondary N) is 2. The monoisotopic (exact) mass is 304 g/mol. The number of anilines is 2. The molecule has 1 fully saturated rings. The predicted molar refractivity (Wildman–Crippen MR) is 86.9 cm³/mol. The van der Waals surface area contributed by atoms with Crippen molar-refractivity contribution in [1.29, 1.82) is 0 Å². The van der Waals surface area contributed by atoms with Crippen molar-refractivity contribution < 1.29 is 14.3 Å². The third kappa shape index (κ3) is 4.84. The number of rotatable bonds is 5. The summed E-state index contributed by atoms with van der Waals surface area (Å²) >= 11 is 0. The van der Waals surface area contributed by atoms with Crippen LogP contribution in [0.15, 0.2) is 18.2 Å². The maximum absolute atomic E-state index is 12.1. The zero-order valence-corrected chi connectivity index (χ0v) is 13.3. The Morgan fingerprint density at radius 3 is 2.77 bits per heavy atom. The van der Waals surface area contributed by atoms with Gasteiger partial charge in [0.15, 0.2) is 0 Å². The molecule has 5 nitrogen and oxygen atoms in total. The van der Waals surface area contributed by atoms with Crippen molar-refractivity contribution in [2.45, 2.75) is 39.5 Å². The summed E-state index contributed by atoms with van der Waals surface area (Å²) in [5, 5.41) is 5.75. The molecule has 1 aromatic rings. The van der Waals surface area contributed by atoms with Crippen LogP contribution in [-0.2, 0) is 14.3 Å². The molecular weight excluding hydrogens is 280 g/mol. The molecule has 1 unspecified atom stereocenters. The van der Waals surface area contributed by atoms with E-state index in [4.69, 9.17) is 4.74 Å². The molecule has 1 atom stereocenters. The van der Waals surface area contributed by atoms with Crippen LogP contribution in [0, 0.1) is 12.8 Å². The fourth-order valence-corrected chi connectivity index (χ4v) is 2.52. The Hall–Kier alpha value is -1.88. The highest BCUT2D eigenvalue weighted by molar-refractivity contribution is 5.94. The minimum atomic E-state index is -0.0362. The smallest absolute Gasteiger partial charge is 0.224 e. The molecule has 0 radical (unpaired) electrons. The van der Waals surface area contributed by atoms with Gasteiger partial charge in [0, 0.05) is 37.4 Å². The minimum absolute atomic E-state index is 0.00730. The SMILES string of the molecule is CCC(=O)Nc1cc(NC(=O)CC2CCCOC2)ccc1C. The van der Waals surface area contributed by atoms with Crippen molar-refractivity contribution in [1.82, 2.24) is 0 Å². The zero-order valence-electron chi connectivity index (χ0n) is 13.3. The molecule has 1 aromatic carbocycles. The number of carbonyl (C=O) groups is 2. The molecule has 1 aliphatic rings. The highest BCUT2D eigenvalue weighted by atomic mass is 16.5. The summed E-state index contributed by atoms with van der Waals surface area (Å²) in [5.41, 5.74) is 2.42. The summed E-state index contributed by atoms with van der Waals surface area (Å²) < 4.78 is 5.40. The lowest BCUT2D eigenvalue weighted by Crippen LogP contribution is -2.23. The highest BCUT2D eigenvalue weighted by Crippen LogP contribution is 2.22. The van der Waals surface area contributed by atoms with Crippen LogP contribution in [0.5, 0.6) is 0 Å². The maximum Gasteiger partial charge on any atom is 0.224 e. The van der Waals surface area contributed by atoms with Crippen molar-refractivity contribution in [2.75, 3.05) is 23.8 Å². The number of benzene rings is 1. The van der Waals surface area contributed by atoms with Gasteiger partial charge < -0.3 is 15.4 Å². The van der Waals surface area contributed by atoms with Crippen LogP contribution in [0.1, 0.15) is 38.2 Å². The van der Waals surface area contributed by atoms with Gasteiger partial charge in [0.05, 0.1) is 0 Å². The molecule has 0 saturated carbocycles. The number of aryl methyl sites for hydroxylation is 1. The summed E-state index contributed by atoms with van der Waals surface area (Å²) in [5.74, 6) is 0.261. The third-order valence-corrected chi connectivity index (χ3v) is 3.85. The predicted octanol–water partition coefficient (Wildman–Crippen LogP) is 3.10. The normalized spacial score (nSPS) is 17.8. The molecule has 0 spiro atoms. The van der Waals surface area contributed by atoms with Crippen LogP contribution in [0.2, 0.25) is 0 Å². The second kappa shape index (κ2) is 7.94. The third-order valence-electron chi connectivity index (χ3n) is 3.85. The molecule has 0 aromatic heterocycles. The van der Waals surface area contributed by atoms with Gasteiger partial charge in [0.25, 0.3) is 0 Å². The Labute approximate surface area is 131 Å². The minimum Gasteiger partial charge on any atom is -0.381 e. The summed E-state index contributed by atoms with van der Waals surface area (Å²) in [7, 11) is 0. The van der Waals surface area contributed by atoms with E-state index >= 15 is 0 Å². The Balaban J connectivity index is 1.95. The standard InChI is InChI=1S/C17H24N2O3/c1-3-16(20)19-15-10-14(7-6-12(15)2)18-17(21)9-13-5-4-8-22-11-13/h6-7,10,13H,3-5,8-9,11H2,1-2H3,(H,18,21)(H,19,20). The van der Waals surface area contributed by atoms with E-state index in [1.165, 1.54) is 0 Å². The van der Waals surface area contributed by atoms with Crippen molar-refractivity contribution in [3.8, 4) is 0 Å². The van der Waals surface area contributed by atoms with E-state index in [2.05, 4.69) is 10.6 Å². The van der Waals surface area contributed by atoms with Crippen LogP contribution in [0.4, 0.5) is 11.4 Å². The van der Waals surface area contributed by atoms with Crippen molar-refractivity contribution in [2.24, 2.45) is 5.92 Å². The largest absolute Gasteiger partial charge is 0.381 e. The van der Waals surface area contributed by atoms with Crippen molar-refractivity contribution in [3.05, 3.63) is 23.8 Å². The number of ether oxygens (including phenoxy) is 1. The molecule has 2 N–H and O–H groups in total. The topological polar surface area (TPSA) is 67.4 Å². The Bertz CT molecular complexity index is 537. The lowest BCUT2D eigenvalue weighted by molar-refractivity contribution is -0.118. The molecule has 1 saturated heterocycles. The average molecular weight is 304 g/mol. The van der Waals surface area contributed by atoms with Gasteiger partial charge in [-0.2, -0.15) is 0 Å². The molecule has 2 rings (SSSR count). The number of hydrogen-bond acceptors (Lipinski definition) is 3. The molecule has 120 valence electrons. The van der Waals surface area contributed by atoms with Gasteiger partial charge in [-0.1, -0.05) is 13.0 Å². The van der Waals surface area contributed by atoms with E-state index < -0.39 is 0 Å². The molecule has 1 heterocycles. The van der Waals surface area contributed by atoms with Crippen LogP contribution < -0.4 is 10.6 Å². The van der Waals surface area contributed by atoms with Crippen LogP contribution in [0.3, 0.4) is 0 Å². The molecule has 1 aliphatic heterocycles. The first-order chi connectivity index (χ1) is 10.6. The molecule has 0 bridgehead atoms. The van der Waals surface area contributed by atoms with Gasteiger partial charge in [0.2, 0.25) is 11.8 Å². The van der Waals surface area contributed by atoms with Crippen molar-refractivity contribution >= 4 is 23.2 Å². The molecule has 2 amide bonds. The summed E-state index contributed by atoms with van der Waals surface area (Å²) in [6.07, 6.45) is 2.97. The summed E-state index contributed by atoms with van der Waals surface area (Å²) in [6, 6.07) is 5.55. The van der Waals surface area contributed by atoms with E-state index in [9.17, 15) is 9.59 Å². The van der Waals surface area contributed by atoms with E-state index in [-0.39, 0.29) is 11.8 Å². The van der Waals surface area contributed by atoms with Crippen molar-refractivity contribution in [3.63, 3.8) is 0 Å². The maximum atomic E-state index is 12.1. The van der Waals surface area contributed by atoms with Crippen LogP contribution >= 0.6 is 0 Å². The van der Waals surface area contributed by atoms with Gasteiger partial charge in [-0.15, -0.1) is 0 Å². The Morgan fingerprint density at radius 2 is 2.09 bits per heavy atom. The van der Waals surface area contributed by atoms with Crippen LogP contribution in [0.25, 0.3) is 0 Å². The molecular formula is C17H24N2O3. The fraction of sp³-hybridized carbons (Fsp3) is 0.529. The van der Waals surface area contributed by atoms with Gasteiger partial charge in [-0.05, 0) is 43.4 Å². The number of hydrogen-bond donors (Lipinski definition) is 2. The Kier molecular flexibility index (Phi) is 5.95. The van der Waals surface area contributed by atoms with E-state index in [0.717, 1.165) is 30.7 Å². The highest BCUT2D eigenvalue weighted by Gasteiger charge is 2.17. The molecule has 0 aliphatic carbocycles. The van der Waals surface area contributed by atoms with Gasteiger partial charge in [-0.3, -0.25) is 9.59 Å². The number of amides is 2. The lowest BCUT2D eigenvalue weighted by Gasteiger charge is -2.21. The van der Waals surface area contributed by atoms with Gasteiger partial charge >= 0.3 is 0 Å². The lowest BCUT2D eigenvalue weighted by atomic mass is 9.98. The average Bonchev–Trinajstić information content (AvgIpc) is 2.51. The molecule has 22 heavy (non-hydrogen) atoms. The Morgan fingerprint density at radius 1 is 1.27 bits per heavy atom. The van der Waals surface area contributed by atoms with E-state index in [1.54, 1.807) is 6.07 Å². The first-order valence-electron chi connectivity index (χ1n) is 7.86. The number of carbonyl (C=O) groups excluding carboxylic acids is 2. The zero-order chi connectivity index (χ0) is 15.9. The summed E-state index contributed by atoms with van der Waals surface area (Å²) in [6.45, 7) is 5.20. The second-order valence-electron chi connectivity index (χ2n) is 5.77. The molecule has 5 heteroatoms. The first kappa shape index (κ1) is 16.5. The quantitative estimate of drug-likeness (QED) is 0.878. The van der Waals surface area contributed by atoms with Gasteiger partial charge in [-0.25, -0.2) is 0 Å². The van der Waals surface area contributed by atoms with E-state index in [0.29, 0.717) is 31.1 Å². The van der Waals surface area contributed by atoms with Gasteiger partial charge in [0.1, 0.15) is 0 Å². The first-order valence-corrected chi connectivity index (χ1v) is 7.86. The van der Waals surface area contributed by atoms with Crippen LogP contribution in [-0.4, -0.2) is 25.0 Å².